The van der Waals surface area contributed by atoms with Gasteiger partial charge in [0.15, 0.2) is 0 Å². The van der Waals surface area contributed by atoms with E-state index in [1.54, 1.807) is 0 Å². The third-order valence-electron chi connectivity index (χ3n) is 3.49. The van der Waals surface area contributed by atoms with Crippen LogP contribution in [0.5, 0.6) is 0 Å². The van der Waals surface area contributed by atoms with E-state index in [0.717, 1.165) is 37.7 Å². The van der Waals surface area contributed by atoms with E-state index in [0.29, 0.717) is 12.0 Å². The molecule has 4 nitrogen and oxygen atoms in total. The lowest BCUT2D eigenvalue weighted by molar-refractivity contribution is 0.172. The number of hydrogen-bond acceptors (Lipinski definition) is 4. The highest BCUT2D eigenvalue weighted by molar-refractivity contribution is 5.09. The lowest BCUT2D eigenvalue weighted by Gasteiger charge is -2.23. The van der Waals surface area contributed by atoms with Gasteiger partial charge in [-0.15, -0.1) is 0 Å². The summed E-state index contributed by atoms with van der Waals surface area (Å²) in [6.45, 7) is 5.66. The van der Waals surface area contributed by atoms with Gasteiger partial charge < -0.3 is 15.0 Å². The lowest BCUT2D eigenvalue weighted by Crippen LogP contribution is -2.38. The summed E-state index contributed by atoms with van der Waals surface area (Å²) < 4.78 is 5.53. The highest BCUT2D eigenvalue weighted by atomic mass is 16.5. The monoisotopic (exact) mass is 249 g/mol. The van der Waals surface area contributed by atoms with E-state index in [1.807, 2.05) is 20.0 Å². The molecule has 1 fully saturated rings. The zero-order valence-corrected chi connectivity index (χ0v) is 11.5. The highest BCUT2D eigenvalue weighted by Gasteiger charge is 2.27. The van der Waals surface area contributed by atoms with Gasteiger partial charge >= 0.3 is 0 Å². The molecule has 100 valence electrons. The van der Waals surface area contributed by atoms with Gasteiger partial charge in [0.1, 0.15) is 0 Å². The van der Waals surface area contributed by atoms with E-state index in [9.17, 15) is 0 Å². The minimum absolute atomic E-state index is 0.484. The normalized spacial score (nSPS) is 23.8. The molecule has 1 N–H and O–H groups in total. The molecule has 0 bridgehead atoms. The smallest absolute Gasteiger partial charge is 0.0623 e. The van der Waals surface area contributed by atoms with Crippen LogP contribution in [0.3, 0.4) is 0 Å². The Balaban J connectivity index is 1.86. The molecule has 2 heterocycles. The van der Waals surface area contributed by atoms with Crippen LogP contribution >= 0.6 is 0 Å². The van der Waals surface area contributed by atoms with Crippen LogP contribution in [0.1, 0.15) is 11.4 Å². The average molecular weight is 249 g/mol. The summed E-state index contributed by atoms with van der Waals surface area (Å²) in [5.41, 5.74) is 2.22. The van der Waals surface area contributed by atoms with Crippen LogP contribution in [0.2, 0.25) is 0 Å². The Labute approximate surface area is 109 Å². The predicted octanol–water partition coefficient (Wildman–Crippen LogP) is 1.06. The zero-order chi connectivity index (χ0) is 13.0. The summed E-state index contributed by atoms with van der Waals surface area (Å²) in [7, 11) is 4.16. The van der Waals surface area contributed by atoms with E-state index in [4.69, 9.17) is 4.74 Å². The largest absolute Gasteiger partial charge is 0.379 e. The Kier molecular flexibility index (Phi) is 4.69. The quantitative estimate of drug-likeness (QED) is 0.846. The molecule has 2 atom stereocenters. The maximum Gasteiger partial charge on any atom is 0.0623 e. The number of ether oxygens (including phenoxy) is 1. The molecular weight excluding hydrogens is 226 g/mol. The van der Waals surface area contributed by atoms with Crippen molar-refractivity contribution in [1.29, 1.82) is 0 Å². The maximum absolute atomic E-state index is 5.53. The summed E-state index contributed by atoms with van der Waals surface area (Å²) in [6, 6.07) is 6.67. The van der Waals surface area contributed by atoms with Gasteiger partial charge in [0.05, 0.1) is 18.9 Å². The number of aromatic nitrogens is 1. The van der Waals surface area contributed by atoms with Gasteiger partial charge in [-0.25, -0.2) is 0 Å². The van der Waals surface area contributed by atoms with Crippen molar-refractivity contribution < 1.29 is 4.74 Å². The fourth-order valence-corrected chi connectivity index (χ4v) is 2.53. The number of nitrogens with zero attached hydrogens (tertiary/aromatic N) is 2. The molecule has 1 aliphatic heterocycles. The minimum Gasteiger partial charge on any atom is -0.379 e. The number of aryl methyl sites for hydroxylation is 1. The second-order valence-corrected chi connectivity index (χ2v) is 5.16. The first-order valence-corrected chi connectivity index (χ1v) is 6.55. The topological polar surface area (TPSA) is 37.4 Å². The highest BCUT2D eigenvalue weighted by Crippen LogP contribution is 2.15. The number of pyridine rings is 1. The Morgan fingerprint density at radius 1 is 1.44 bits per heavy atom. The first-order valence-electron chi connectivity index (χ1n) is 6.55. The second-order valence-electron chi connectivity index (χ2n) is 5.16. The fraction of sp³-hybridized carbons (Fsp3) is 0.643. The molecule has 1 aromatic heterocycles. The van der Waals surface area contributed by atoms with Crippen LogP contribution < -0.4 is 5.32 Å². The zero-order valence-electron chi connectivity index (χ0n) is 11.5. The number of rotatable bonds is 5. The Morgan fingerprint density at radius 3 is 3.00 bits per heavy atom. The molecule has 1 aromatic rings. The third kappa shape index (κ3) is 3.51. The van der Waals surface area contributed by atoms with Crippen molar-refractivity contribution >= 4 is 0 Å². The van der Waals surface area contributed by atoms with Crippen LogP contribution in [0, 0.1) is 12.8 Å². The number of likely N-dealkylation sites (N-methyl/N-ethyl adjacent to an activating group) is 1. The van der Waals surface area contributed by atoms with Gasteiger partial charge in [-0.3, -0.25) is 4.98 Å². The molecule has 0 radical (unpaired) electrons. The van der Waals surface area contributed by atoms with E-state index in [1.165, 1.54) is 0 Å². The molecule has 1 aliphatic rings. The average Bonchev–Trinajstić information content (AvgIpc) is 2.76. The predicted molar refractivity (Wildman–Crippen MR) is 72.5 cm³/mol. The van der Waals surface area contributed by atoms with E-state index in [2.05, 4.69) is 34.4 Å². The second kappa shape index (κ2) is 6.27. The van der Waals surface area contributed by atoms with Crippen molar-refractivity contribution in [3.8, 4) is 0 Å². The first kappa shape index (κ1) is 13.5. The van der Waals surface area contributed by atoms with Crippen molar-refractivity contribution in [3.05, 3.63) is 29.6 Å². The molecule has 0 aromatic carbocycles. The molecule has 2 rings (SSSR count). The Morgan fingerprint density at radius 2 is 2.28 bits per heavy atom. The van der Waals surface area contributed by atoms with Gasteiger partial charge in [0.25, 0.3) is 0 Å². The van der Waals surface area contributed by atoms with Crippen LogP contribution in [-0.4, -0.2) is 49.8 Å². The van der Waals surface area contributed by atoms with Gasteiger partial charge in [-0.2, -0.15) is 0 Å². The van der Waals surface area contributed by atoms with Gasteiger partial charge in [-0.1, -0.05) is 6.07 Å². The van der Waals surface area contributed by atoms with Crippen molar-refractivity contribution in [2.24, 2.45) is 5.92 Å². The summed E-state index contributed by atoms with van der Waals surface area (Å²) >= 11 is 0. The minimum atomic E-state index is 0.484. The van der Waals surface area contributed by atoms with Crippen LogP contribution in [0.15, 0.2) is 18.2 Å². The summed E-state index contributed by atoms with van der Waals surface area (Å²) in [5, 5.41) is 3.33. The molecule has 2 unspecified atom stereocenters. The summed E-state index contributed by atoms with van der Waals surface area (Å²) in [5.74, 6) is 0.574. The Bertz CT molecular complexity index is 383. The molecule has 0 spiro atoms. The fourth-order valence-electron chi connectivity index (χ4n) is 2.53. The molecule has 1 saturated heterocycles. The van der Waals surface area contributed by atoms with Crippen molar-refractivity contribution in [2.75, 3.05) is 33.9 Å². The van der Waals surface area contributed by atoms with E-state index >= 15 is 0 Å². The van der Waals surface area contributed by atoms with Crippen molar-refractivity contribution in [1.82, 2.24) is 15.2 Å². The maximum atomic E-state index is 5.53. The van der Waals surface area contributed by atoms with Crippen LogP contribution in [0.25, 0.3) is 0 Å². The molecule has 4 heteroatoms. The number of nitrogens with one attached hydrogen (secondary N) is 1. The SMILES string of the molecule is CNC1COCC1CN(C)Cc1cccc(C)n1. The van der Waals surface area contributed by atoms with Gasteiger partial charge in [0.2, 0.25) is 0 Å². The van der Waals surface area contributed by atoms with E-state index in [-0.39, 0.29) is 0 Å². The van der Waals surface area contributed by atoms with E-state index < -0.39 is 0 Å². The number of hydrogen-bond donors (Lipinski definition) is 1. The van der Waals surface area contributed by atoms with Gasteiger partial charge in [0, 0.05) is 30.7 Å². The van der Waals surface area contributed by atoms with Crippen molar-refractivity contribution in [2.45, 2.75) is 19.5 Å². The first-order chi connectivity index (χ1) is 8.69. The molecule has 0 amide bonds. The summed E-state index contributed by atoms with van der Waals surface area (Å²) in [6.07, 6.45) is 0. The molecule has 0 saturated carbocycles. The molecule has 18 heavy (non-hydrogen) atoms. The van der Waals surface area contributed by atoms with Crippen molar-refractivity contribution in [3.63, 3.8) is 0 Å². The van der Waals surface area contributed by atoms with Gasteiger partial charge in [-0.05, 0) is 33.2 Å². The van der Waals surface area contributed by atoms with Crippen LogP contribution in [0.4, 0.5) is 0 Å². The Hall–Kier alpha value is -0.970. The lowest BCUT2D eigenvalue weighted by atomic mass is 10.0. The van der Waals surface area contributed by atoms with Crippen LogP contribution in [-0.2, 0) is 11.3 Å². The standard InChI is InChI=1S/C14H23N3O/c1-11-5-4-6-13(16-11)8-17(3)7-12-9-18-10-14(12)15-2/h4-6,12,14-15H,7-10H2,1-3H3. The molecule has 0 aliphatic carbocycles. The molecular formula is C14H23N3O. The summed E-state index contributed by atoms with van der Waals surface area (Å²) in [4.78, 5) is 6.86. The third-order valence-corrected chi connectivity index (χ3v) is 3.49.